The highest BCUT2D eigenvalue weighted by Gasteiger charge is 2.02. The van der Waals surface area contributed by atoms with Crippen molar-refractivity contribution in [3.05, 3.63) is 20.9 Å². The Morgan fingerprint density at radius 1 is 1.36 bits per heavy atom. The summed E-state index contributed by atoms with van der Waals surface area (Å²) in [6, 6.07) is -0.227. The summed E-state index contributed by atoms with van der Waals surface area (Å²) in [7, 11) is 0. The molecule has 1 unspecified atom stereocenters. The smallest absolute Gasteiger partial charge is 0.0437 e. The van der Waals surface area contributed by atoms with Crippen LogP contribution in [-0.4, -0.2) is 17.9 Å². The minimum absolute atomic E-state index is 0.227. The van der Waals surface area contributed by atoms with E-state index in [2.05, 4.69) is 36.0 Å². The quantitative estimate of drug-likeness (QED) is 0.294. The van der Waals surface area contributed by atoms with E-state index in [0.29, 0.717) is 6.42 Å². The predicted octanol–water partition coefficient (Wildman–Crippen LogP) is 2.76. The van der Waals surface area contributed by atoms with Crippen molar-refractivity contribution in [1.82, 2.24) is 0 Å². The third kappa shape index (κ3) is 5.54. The molecule has 0 saturated carbocycles. The summed E-state index contributed by atoms with van der Waals surface area (Å²) in [5.74, 6) is 0. The van der Waals surface area contributed by atoms with Gasteiger partial charge in [-0.05, 0) is 17.5 Å². The Kier molecular flexibility index (Phi) is 6.62. The molecule has 11 heavy (non-hydrogen) atoms. The summed E-state index contributed by atoms with van der Waals surface area (Å²) in [5.41, 5.74) is 16.0. The molecule has 6 nitrogen and oxygen atoms in total. The van der Waals surface area contributed by atoms with Crippen molar-refractivity contribution in [3.63, 3.8) is 0 Å². The summed E-state index contributed by atoms with van der Waals surface area (Å²) in [6.45, 7) is 0.228. The van der Waals surface area contributed by atoms with E-state index in [0.717, 1.165) is 5.33 Å². The minimum Gasteiger partial charge on any atom is -0.0936 e. The van der Waals surface area contributed by atoms with Gasteiger partial charge < -0.3 is 0 Å². The average molecular weight is 219 g/mol. The van der Waals surface area contributed by atoms with Crippen molar-refractivity contribution in [1.29, 1.82) is 0 Å². The van der Waals surface area contributed by atoms with Gasteiger partial charge in [0.15, 0.2) is 0 Å². The Labute approximate surface area is 72.0 Å². The molecule has 0 amide bonds. The van der Waals surface area contributed by atoms with E-state index in [1.165, 1.54) is 0 Å². The van der Waals surface area contributed by atoms with Gasteiger partial charge in [0.05, 0.1) is 0 Å². The highest BCUT2D eigenvalue weighted by atomic mass is 79.9. The second-order valence-corrected chi connectivity index (χ2v) is 2.54. The average Bonchev–Trinajstić information content (AvgIpc) is 2.01. The second kappa shape index (κ2) is 7.21. The van der Waals surface area contributed by atoms with E-state index in [4.69, 9.17) is 11.1 Å². The molecule has 0 aromatic carbocycles. The van der Waals surface area contributed by atoms with Gasteiger partial charge in [-0.3, -0.25) is 0 Å². The fourth-order valence-electron chi connectivity index (χ4n) is 0.515. The predicted molar refractivity (Wildman–Crippen MR) is 45.4 cm³/mol. The molecular formula is C4H7BrN6. The zero-order valence-electron chi connectivity index (χ0n) is 5.76. The zero-order chi connectivity index (χ0) is 8.53. The summed E-state index contributed by atoms with van der Waals surface area (Å²) < 4.78 is 0. The first-order valence-electron chi connectivity index (χ1n) is 2.96. The fourth-order valence-corrected chi connectivity index (χ4v) is 1.04. The van der Waals surface area contributed by atoms with Crippen LogP contribution in [0.1, 0.15) is 6.42 Å². The first-order chi connectivity index (χ1) is 5.35. The maximum atomic E-state index is 8.07. The van der Waals surface area contributed by atoms with Crippen LogP contribution in [0.3, 0.4) is 0 Å². The fraction of sp³-hybridized carbons (Fsp3) is 1.00. The first kappa shape index (κ1) is 10.1. The molecule has 0 saturated heterocycles. The van der Waals surface area contributed by atoms with Gasteiger partial charge in [0, 0.05) is 27.7 Å². The summed E-state index contributed by atoms with van der Waals surface area (Å²) >= 11 is 3.19. The number of nitrogens with zero attached hydrogens (tertiary/aromatic N) is 6. The van der Waals surface area contributed by atoms with Crippen LogP contribution >= 0.6 is 15.9 Å². The third-order valence-electron chi connectivity index (χ3n) is 1.01. The van der Waals surface area contributed by atoms with Gasteiger partial charge in [0.2, 0.25) is 0 Å². The van der Waals surface area contributed by atoms with Crippen molar-refractivity contribution in [2.75, 3.05) is 11.9 Å². The third-order valence-corrected chi connectivity index (χ3v) is 1.47. The highest BCUT2D eigenvalue weighted by molar-refractivity contribution is 9.09. The van der Waals surface area contributed by atoms with Gasteiger partial charge in [-0.15, -0.1) is 0 Å². The molecule has 0 aromatic heterocycles. The Hall–Kier alpha value is -0.900. The number of hydrogen-bond donors (Lipinski definition) is 0. The molecule has 0 aromatic rings. The molecule has 0 spiro atoms. The van der Waals surface area contributed by atoms with Gasteiger partial charge in [-0.25, -0.2) is 0 Å². The number of azide groups is 2. The lowest BCUT2D eigenvalue weighted by atomic mass is 10.2. The van der Waals surface area contributed by atoms with Gasteiger partial charge >= 0.3 is 0 Å². The summed E-state index contributed by atoms with van der Waals surface area (Å²) in [6.07, 6.45) is 0.684. The molecule has 0 aliphatic carbocycles. The molecule has 0 bridgehead atoms. The van der Waals surface area contributed by atoms with Crippen LogP contribution in [0.2, 0.25) is 0 Å². The standard InChI is InChI=1S/C4H7BrN6/c5-2-1-4(9-11-7)3-8-10-6/h4H,1-3H2. The van der Waals surface area contributed by atoms with Gasteiger partial charge in [-0.1, -0.05) is 26.2 Å². The van der Waals surface area contributed by atoms with E-state index in [9.17, 15) is 0 Å². The lowest BCUT2D eigenvalue weighted by Crippen LogP contribution is -2.07. The lowest BCUT2D eigenvalue weighted by Gasteiger charge is -2.02. The highest BCUT2D eigenvalue weighted by Crippen LogP contribution is 2.02. The lowest BCUT2D eigenvalue weighted by molar-refractivity contribution is 0.660. The number of alkyl halides is 1. The SMILES string of the molecule is [N-]=[N+]=NCC(CCBr)N=[N+]=[N-]. The van der Waals surface area contributed by atoms with E-state index in [1.54, 1.807) is 0 Å². The van der Waals surface area contributed by atoms with Gasteiger partial charge in [0.1, 0.15) is 0 Å². The molecule has 1 atom stereocenters. The van der Waals surface area contributed by atoms with Crippen LogP contribution < -0.4 is 0 Å². The molecule has 0 rings (SSSR count). The van der Waals surface area contributed by atoms with Crippen molar-refractivity contribution >= 4 is 15.9 Å². The van der Waals surface area contributed by atoms with Crippen molar-refractivity contribution < 1.29 is 0 Å². The largest absolute Gasteiger partial charge is 0.0936 e. The number of rotatable bonds is 5. The van der Waals surface area contributed by atoms with E-state index >= 15 is 0 Å². The maximum Gasteiger partial charge on any atom is 0.0437 e. The second-order valence-electron chi connectivity index (χ2n) is 1.75. The molecule has 0 heterocycles. The Morgan fingerprint density at radius 2 is 2.09 bits per heavy atom. The number of halogens is 1. The summed E-state index contributed by atoms with van der Waals surface area (Å²) in [5, 5.41) is 7.48. The summed E-state index contributed by atoms with van der Waals surface area (Å²) in [4.78, 5) is 5.19. The van der Waals surface area contributed by atoms with Crippen LogP contribution in [-0.2, 0) is 0 Å². The zero-order valence-corrected chi connectivity index (χ0v) is 7.35. The Bertz CT molecular complexity index is 191. The molecule has 7 heteroatoms. The van der Waals surface area contributed by atoms with Crippen LogP contribution in [0.4, 0.5) is 0 Å². The van der Waals surface area contributed by atoms with Crippen LogP contribution in [0.15, 0.2) is 10.2 Å². The molecule has 0 aliphatic rings. The Morgan fingerprint density at radius 3 is 2.55 bits per heavy atom. The van der Waals surface area contributed by atoms with Crippen LogP contribution in [0, 0.1) is 0 Å². The minimum atomic E-state index is -0.227. The van der Waals surface area contributed by atoms with Crippen molar-refractivity contribution in [2.24, 2.45) is 10.2 Å². The van der Waals surface area contributed by atoms with Crippen LogP contribution in [0.25, 0.3) is 20.9 Å². The molecule has 0 radical (unpaired) electrons. The maximum absolute atomic E-state index is 8.07. The van der Waals surface area contributed by atoms with Crippen molar-refractivity contribution in [3.8, 4) is 0 Å². The van der Waals surface area contributed by atoms with Gasteiger partial charge in [-0.2, -0.15) is 0 Å². The molecule has 60 valence electrons. The molecule has 0 fully saturated rings. The monoisotopic (exact) mass is 218 g/mol. The molecule has 0 N–H and O–H groups in total. The topological polar surface area (TPSA) is 97.5 Å². The van der Waals surface area contributed by atoms with E-state index in [1.807, 2.05) is 0 Å². The van der Waals surface area contributed by atoms with Crippen molar-refractivity contribution in [2.45, 2.75) is 12.5 Å². The van der Waals surface area contributed by atoms with Crippen LogP contribution in [0.5, 0.6) is 0 Å². The van der Waals surface area contributed by atoms with E-state index < -0.39 is 0 Å². The normalized spacial score (nSPS) is 11.0. The molecule has 0 aliphatic heterocycles. The van der Waals surface area contributed by atoms with E-state index in [-0.39, 0.29) is 12.6 Å². The Balaban J connectivity index is 3.87. The van der Waals surface area contributed by atoms with Gasteiger partial charge in [0.25, 0.3) is 0 Å². The number of hydrogen-bond acceptors (Lipinski definition) is 2. The first-order valence-corrected chi connectivity index (χ1v) is 4.08. The molecular weight excluding hydrogens is 212 g/mol.